The first-order valence-corrected chi connectivity index (χ1v) is 6.24. The van der Waals surface area contributed by atoms with Crippen molar-refractivity contribution >= 4 is 16.0 Å². The zero-order valence-electron chi connectivity index (χ0n) is 10.1. The molecule has 1 aromatic heterocycles. The summed E-state index contributed by atoms with van der Waals surface area (Å²) in [4.78, 5) is 14.7. The normalized spacial score (nSPS) is 13.0. The molecule has 0 saturated carbocycles. The number of sulfonamides is 1. The first kappa shape index (κ1) is 13.7. The van der Waals surface area contributed by atoms with Gasteiger partial charge in [0.05, 0.1) is 6.33 Å². The van der Waals surface area contributed by atoms with E-state index in [-0.39, 0.29) is 5.03 Å². The number of aryl methyl sites for hydroxylation is 1. The topological polar surface area (TPSA) is 92.5 Å². The van der Waals surface area contributed by atoms with Crippen LogP contribution in [0.1, 0.15) is 13.8 Å². The Bertz CT molecular complexity index is 532. The van der Waals surface area contributed by atoms with Gasteiger partial charge in [-0.05, 0) is 13.8 Å². The standard InChI is InChI=1S/C9H15N3O4S/c1-9(2,8(13)14)12(4)17(15,16)7-5-11(3)6-10-7/h5-6H,1-4H3,(H,13,14). The molecular formula is C9H15N3O4S. The summed E-state index contributed by atoms with van der Waals surface area (Å²) in [6.07, 6.45) is 2.66. The van der Waals surface area contributed by atoms with E-state index in [9.17, 15) is 13.2 Å². The summed E-state index contributed by atoms with van der Waals surface area (Å²) in [5, 5.41) is 8.83. The molecule has 0 aliphatic carbocycles. The number of rotatable bonds is 4. The molecule has 0 aliphatic rings. The van der Waals surface area contributed by atoms with Crippen molar-refractivity contribution in [3.05, 3.63) is 12.5 Å². The van der Waals surface area contributed by atoms with Gasteiger partial charge in [0.25, 0.3) is 10.0 Å². The molecule has 0 aromatic carbocycles. The van der Waals surface area contributed by atoms with E-state index in [2.05, 4.69) is 4.98 Å². The van der Waals surface area contributed by atoms with Crippen molar-refractivity contribution in [1.82, 2.24) is 13.9 Å². The fraction of sp³-hybridized carbons (Fsp3) is 0.556. The summed E-state index contributed by atoms with van der Waals surface area (Å²) in [5.41, 5.74) is -1.53. The number of aromatic nitrogens is 2. The molecule has 0 bridgehead atoms. The third-order valence-electron chi connectivity index (χ3n) is 2.62. The minimum absolute atomic E-state index is 0.170. The molecule has 1 N–H and O–H groups in total. The van der Waals surface area contributed by atoms with Crippen LogP contribution < -0.4 is 0 Å². The van der Waals surface area contributed by atoms with Gasteiger partial charge in [0.2, 0.25) is 0 Å². The highest BCUT2D eigenvalue weighted by atomic mass is 32.2. The van der Waals surface area contributed by atoms with Crippen molar-refractivity contribution in [2.24, 2.45) is 7.05 Å². The average Bonchev–Trinajstić information content (AvgIpc) is 2.63. The van der Waals surface area contributed by atoms with Crippen LogP contribution in [0.15, 0.2) is 17.6 Å². The largest absolute Gasteiger partial charge is 0.480 e. The second-order valence-corrected chi connectivity index (χ2v) is 6.13. The Kier molecular flexibility index (Phi) is 3.30. The van der Waals surface area contributed by atoms with Crippen LogP contribution in [0, 0.1) is 0 Å². The van der Waals surface area contributed by atoms with Gasteiger partial charge in [0, 0.05) is 20.3 Å². The molecule has 7 nitrogen and oxygen atoms in total. The lowest BCUT2D eigenvalue weighted by molar-refractivity contribution is -0.145. The number of aliphatic carboxylic acids is 1. The number of carboxylic acids is 1. The van der Waals surface area contributed by atoms with Crippen LogP contribution >= 0.6 is 0 Å². The monoisotopic (exact) mass is 261 g/mol. The molecule has 17 heavy (non-hydrogen) atoms. The van der Waals surface area contributed by atoms with E-state index in [0.717, 1.165) is 4.31 Å². The molecule has 8 heteroatoms. The number of hydrogen-bond donors (Lipinski definition) is 1. The molecule has 0 radical (unpaired) electrons. The van der Waals surface area contributed by atoms with E-state index in [4.69, 9.17) is 5.11 Å². The third-order valence-corrected chi connectivity index (χ3v) is 4.53. The number of likely N-dealkylation sites (N-methyl/N-ethyl adjacent to an activating group) is 1. The van der Waals surface area contributed by atoms with E-state index < -0.39 is 21.5 Å². The number of nitrogens with zero attached hydrogens (tertiary/aromatic N) is 3. The molecule has 0 spiro atoms. The van der Waals surface area contributed by atoms with Crippen LogP contribution in [0.5, 0.6) is 0 Å². The fourth-order valence-electron chi connectivity index (χ4n) is 1.10. The predicted molar refractivity (Wildman–Crippen MR) is 59.9 cm³/mol. The number of imidazole rings is 1. The summed E-state index contributed by atoms with van der Waals surface area (Å²) in [5.74, 6) is -1.22. The molecule has 1 heterocycles. The summed E-state index contributed by atoms with van der Waals surface area (Å²) in [7, 11) is -1.05. The van der Waals surface area contributed by atoms with Gasteiger partial charge in [-0.1, -0.05) is 0 Å². The van der Waals surface area contributed by atoms with Crippen molar-refractivity contribution in [1.29, 1.82) is 0 Å². The van der Waals surface area contributed by atoms with Gasteiger partial charge in [-0.2, -0.15) is 4.31 Å². The van der Waals surface area contributed by atoms with Gasteiger partial charge in [-0.3, -0.25) is 4.79 Å². The van der Waals surface area contributed by atoms with Gasteiger partial charge in [0.1, 0.15) is 5.54 Å². The van der Waals surface area contributed by atoms with Crippen molar-refractivity contribution < 1.29 is 18.3 Å². The minimum Gasteiger partial charge on any atom is -0.480 e. The lowest BCUT2D eigenvalue weighted by Crippen LogP contribution is -2.50. The summed E-state index contributed by atoms with van der Waals surface area (Å²) >= 11 is 0. The Hall–Kier alpha value is -1.41. The van der Waals surface area contributed by atoms with E-state index in [1.54, 1.807) is 7.05 Å². The summed E-state index contributed by atoms with van der Waals surface area (Å²) < 4.78 is 26.4. The van der Waals surface area contributed by atoms with Gasteiger partial charge in [0.15, 0.2) is 5.03 Å². The molecule has 1 rings (SSSR count). The highest BCUT2D eigenvalue weighted by molar-refractivity contribution is 7.89. The SMILES string of the molecule is CN(C(C)(C)C(=O)O)S(=O)(=O)c1cn(C)cn1. The number of hydrogen-bond acceptors (Lipinski definition) is 4. The smallest absolute Gasteiger partial charge is 0.324 e. The Labute approximate surface area is 99.7 Å². The van der Waals surface area contributed by atoms with Crippen LogP contribution in [0.4, 0.5) is 0 Å². The predicted octanol–water partition coefficient (Wildman–Crippen LogP) is -0.0962. The maximum absolute atomic E-state index is 12.1. The van der Waals surface area contributed by atoms with Crippen molar-refractivity contribution in [3.8, 4) is 0 Å². The van der Waals surface area contributed by atoms with Crippen molar-refractivity contribution in [3.63, 3.8) is 0 Å². The molecule has 1 aromatic rings. The first-order valence-electron chi connectivity index (χ1n) is 4.80. The average molecular weight is 261 g/mol. The first-order chi connectivity index (χ1) is 7.60. The Morgan fingerprint density at radius 3 is 2.41 bits per heavy atom. The van der Waals surface area contributed by atoms with Gasteiger partial charge < -0.3 is 9.67 Å². The van der Waals surface area contributed by atoms with Gasteiger partial charge in [-0.15, -0.1) is 0 Å². The van der Waals surface area contributed by atoms with Crippen LogP contribution in [0.2, 0.25) is 0 Å². The van der Waals surface area contributed by atoms with Gasteiger partial charge >= 0.3 is 5.97 Å². The van der Waals surface area contributed by atoms with Crippen molar-refractivity contribution in [2.75, 3.05) is 7.05 Å². The van der Waals surface area contributed by atoms with E-state index in [0.29, 0.717) is 0 Å². The molecule has 0 atom stereocenters. The second-order valence-electron chi connectivity index (χ2n) is 4.21. The Morgan fingerprint density at radius 2 is 2.06 bits per heavy atom. The van der Waals surface area contributed by atoms with Crippen molar-refractivity contribution in [2.45, 2.75) is 24.4 Å². The Balaban J connectivity index is 3.20. The van der Waals surface area contributed by atoms with Crippen LogP contribution in [-0.4, -0.2) is 45.9 Å². The maximum atomic E-state index is 12.1. The summed E-state index contributed by atoms with van der Waals surface area (Å²) in [6, 6.07) is 0. The molecule has 0 amide bonds. The second kappa shape index (κ2) is 4.11. The molecular weight excluding hydrogens is 246 g/mol. The van der Waals surface area contributed by atoms with E-state index >= 15 is 0 Å². The molecule has 0 unspecified atom stereocenters. The molecule has 0 aliphatic heterocycles. The zero-order chi connectivity index (χ0) is 13.4. The van der Waals surface area contributed by atoms with Crippen LogP contribution in [0.25, 0.3) is 0 Å². The van der Waals surface area contributed by atoms with Gasteiger partial charge in [-0.25, -0.2) is 13.4 Å². The zero-order valence-corrected chi connectivity index (χ0v) is 10.9. The third kappa shape index (κ3) is 2.32. The highest BCUT2D eigenvalue weighted by Crippen LogP contribution is 2.21. The number of carboxylic acid groups (broad SMARTS) is 1. The molecule has 0 fully saturated rings. The fourth-order valence-corrected chi connectivity index (χ4v) is 2.54. The quantitative estimate of drug-likeness (QED) is 0.817. The Morgan fingerprint density at radius 1 is 1.53 bits per heavy atom. The minimum atomic E-state index is -3.90. The summed E-state index contributed by atoms with van der Waals surface area (Å²) in [6.45, 7) is 2.63. The number of carbonyl (C=O) groups is 1. The van der Waals surface area contributed by atoms with E-state index in [1.165, 1.54) is 38.0 Å². The van der Waals surface area contributed by atoms with Crippen LogP contribution in [0.3, 0.4) is 0 Å². The van der Waals surface area contributed by atoms with E-state index in [1.807, 2.05) is 0 Å². The molecule has 96 valence electrons. The highest BCUT2D eigenvalue weighted by Gasteiger charge is 2.40. The lowest BCUT2D eigenvalue weighted by atomic mass is 10.1. The van der Waals surface area contributed by atoms with Crippen LogP contribution in [-0.2, 0) is 21.9 Å². The lowest BCUT2D eigenvalue weighted by Gasteiger charge is -2.29. The molecule has 0 saturated heterocycles. The maximum Gasteiger partial charge on any atom is 0.324 e.